The van der Waals surface area contributed by atoms with Crippen LogP contribution in [-0.4, -0.2) is 19.9 Å². The zero-order chi connectivity index (χ0) is 12.0. The van der Waals surface area contributed by atoms with Gasteiger partial charge in [0, 0.05) is 12.4 Å². The Labute approximate surface area is 119 Å². The summed E-state index contributed by atoms with van der Waals surface area (Å²) in [6.07, 6.45) is 2.98. The van der Waals surface area contributed by atoms with Gasteiger partial charge < -0.3 is 10.4 Å². The van der Waals surface area contributed by atoms with Gasteiger partial charge in [-0.25, -0.2) is 0 Å². The molecule has 2 aromatic heterocycles. The van der Waals surface area contributed by atoms with Crippen LogP contribution in [0.3, 0.4) is 0 Å². The predicted molar refractivity (Wildman–Crippen MR) is 64.9 cm³/mol. The molecule has 89 valence electrons. The van der Waals surface area contributed by atoms with Crippen molar-refractivity contribution in [2.24, 2.45) is 0 Å². The van der Waals surface area contributed by atoms with Gasteiger partial charge in [-0.05, 0) is 24.3 Å². The maximum Gasteiger partial charge on any atom is 2.00 e. The van der Waals surface area contributed by atoms with E-state index in [1.807, 2.05) is 0 Å². The van der Waals surface area contributed by atoms with Crippen molar-refractivity contribution in [1.29, 1.82) is 0 Å². The standard InChI is InChI=1S/2C5H5NOS.Mn/c2*7-6-4-2-1-3-5(6)8;/h2*1-4,7H;/q;;+2. The SMILES string of the molecule is On1ccccc1=S.On1ccccc1=S.[Mn+2]. The third-order valence-electron chi connectivity index (χ3n) is 1.61. The Morgan fingerprint density at radius 3 is 1.29 bits per heavy atom. The van der Waals surface area contributed by atoms with E-state index in [-0.39, 0.29) is 17.1 Å². The van der Waals surface area contributed by atoms with E-state index in [0.717, 1.165) is 9.46 Å². The summed E-state index contributed by atoms with van der Waals surface area (Å²) in [5, 5.41) is 17.5. The third-order valence-corrected chi connectivity index (χ3v) is 2.25. The summed E-state index contributed by atoms with van der Waals surface area (Å²) in [6, 6.07) is 10.3. The first-order valence-corrected chi connectivity index (χ1v) is 5.17. The van der Waals surface area contributed by atoms with Gasteiger partial charge in [-0.3, -0.25) is 0 Å². The van der Waals surface area contributed by atoms with Crippen molar-refractivity contribution in [2.75, 3.05) is 0 Å². The molecule has 2 heterocycles. The van der Waals surface area contributed by atoms with E-state index in [0.29, 0.717) is 9.28 Å². The van der Waals surface area contributed by atoms with Crippen LogP contribution >= 0.6 is 24.4 Å². The smallest absolute Gasteiger partial charge is 0.428 e. The van der Waals surface area contributed by atoms with Gasteiger partial charge in [0.05, 0.1) is 0 Å². The van der Waals surface area contributed by atoms with Gasteiger partial charge in [0.1, 0.15) is 9.28 Å². The number of hydrogen-bond donors (Lipinski definition) is 2. The first-order chi connectivity index (χ1) is 7.61. The topological polar surface area (TPSA) is 50.3 Å². The molecule has 0 bridgehead atoms. The largest absolute Gasteiger partial charge is 2.00 e. The van der Waals surface area contributed by atoms with Crippen LogP contribution in [0, 0.1) is 9.28 Å². The maximum absolute atomic E-state index is 8.73. The molecule has 7 heteroatoms. The van der Waals surface area contributed by atoms with Crippen molar-refractivity contribution in [3.05, 3.63) is 58.1 Å². The maximum atomic E-state index is 8.73. The molecule has 4 nitrogen and oxygen atoms in total. The van der Waals surface area contributed by atoms with Crippen molar-refractivity contribution in [3.8, 4) is 0 Å². The van der Waals surface area contributed by atoms with Crippen molar-refractivity contribution in [2.45, 2.75) is 0 Å². The van der Waals surface area contributed by atoms with Gasteiger partial charge in [0.15, 0.2) is 0 Å². The second-order valence-electron chi connectivity index (χ2n) is 2.77. The Hall–Kier alpha value is -1.14. The van der Waals surface area contributed by atoms with Crippen molar-refractivity contribution in [1.82, 2.24) is 9.46 Å². The number of hydrogen-bond acceptors (Lipinski definition) is 4. The van der Waals surface area contributed by atoms with E-state index in [4.69, 9.17) is 10.4 Å². The molecule has 2 rings (SSSR count). The summed E-state index contributed by atoms with van der Waals surface area (Å²) in [7, 11) is 0. The minimum atomic E-state index is 0. The molecule has 0 aromatic carbocycles. The molecule has 0 unspecified atom stereocenters. The average Bonchev–Trinajstić information content (AvgIpc) is 2.28. The summed E-state index contributed by atoms with van der Waals surface area (Å²) >= 11 is 9.33. The van der Waals surface area contributed by atoms with Crippen LogP contribution in [0.2, 0.25) is 0 Å². The Morgan fingerprint density at radius 2 is 1.12 bits per heavy atom. The van der Waals surface area contributed by atoms with Crippen LogP contribution in [0.5, 0.6) is 0 Å². The van der Waals surface area contributed by atoms with Crippen LogP contribution in [0.25, 0.3) is 0 Å². The second kappa shape index (κ2) is 8.02. The number of aromatic nitrogens is 2. The average molecular weight is 309 g/mol. The van der Waals surface area contributed by atoms with Crippen LogP contribution in [-0.2, 0) is 17.1 Å². The van der Waals surface area contributed by atoms with E-state index < -0.39 is 0 Å². The second-order valence-corrected chi connectivity index (χ2v) is 3.60. The quantitative estimate of drug-likeness (QED) is 0.446. The Morgan fingerprint density at radius 1 is 0.765 bits per heavy atom. The minimum Gasteiger partial charge on any atom is -0.428 e. The van der Waals surface area contributed by atoms with E-state index in [9.17, 15) is 0 Å². The Bertz CT molecular complexity index is 517. The van der Waals surface area contributed by atoms with Gasteiger partial charge in [-0.2, -0.15) is 9.46 Å². The molecule has 0 saturated heterocycles. The zero-order valence-corrected chi connectivity index (χ0v) is 11.4. The molecule has 0 aliphatic carbocycles. The van der Waals surface area contributed by atoms with Gasteiger partial charge >= 0.3 is 17.1 Å². The summed E-state index contributed by atoms with van der Waals surface area (Å²) < 4.78 is 2.64. The molecule has 0 saturated carbocycles. The molecular formula is C10H10MnN2O2S2+2. The molecule has 0 atom stereocenters. The van der Waals surface area contributed by atoms with Crippen LogP contribution in [0.4, 0.5) is 0 Å². The van der Waals surface area contributed by atoms with Gasteiger partial charge in [-0.1, -0.05) is 36.6 Å². The first kappa shape index (κ1) is 15.9. The van der Waals surface area contributed by atoms with Gasteiger partial charge in [-0.15, -0.1) is 0 Å². The normalized spacial score (nSPS) is 8.47. The number of nitrogens with zero attached hydrogens (tertiary/aromatic N) is 2. The fraction of sp³-hybridized carbons (Fsp3) is 0. The fourth-order valence-corrected chi connectivity index (χ4v) is 1.12. The van der Waals surface area contributed by atoms with Crippen molar-refractivity contribution in [3.63, 3.8) is 0 Å². The van der Waals surface area contributed by atoms with Crippen LogP contribution in [0.15, 0.2) is 48.8 Å². The third kappa shape index (κ3) is 5.65. The molecule has 0 spiro atoms. The van der Waals surface area contributed by atoms with E-state index in [2.05, 4.69) is 24.4 Å². The Balaban J connectivity index is 0.000000284. The Kier molecular flexibility index (Phi) is 7.49. The fourth-order valence-electron chi connectivity index (χ4n) is 0.838. The van der Waals surface area contributed by atoms with Crippen molar-refractivity contribution >= 4 is 24.4 Å². The zero-order valence-electron chi connectivity index (χ0n) is 8.60. The molecule has 0 fully saturated rings. The molecule has 0 aliphatic rings. The summed E-state index contributed by atoms with van der Waals surface area (Å²) in [5.41, 5.74) is 0. The molecule has 1 radical (unpaired) electrons. The summed E-state index contributed by atoms with van der Waals surface area (Å²) in [5.74, 6) is 0. The first-order valence-electron chi connectivity index (χ1n) is 4.35. The molecule has 2 aromatic rings. The molecule has 17 heavy (non-hydrogen) atoms. The molecule has 2 N–H and O–H groups in total. The summed E-state index contributed by atoms with van der Waals surface area (Å²) in [4.78, 5) is 0. The van der Waals surface area contributed by atoms with E-state index in [1.165, 1.54) is 12.4 Å². The van der Waals surface area contributed by atoms with Crippen LogP contribution < -0.4 is 0 Å². The monoisotopic (exact) mass is 309 g/mol. The van der Waals surface area contributed by atoms with Gasteiger partial charge in [0.2, 0.25) is 0 Å². The number of pyridine rings is 2. The van der Waals surface area contributed by atoms with E-state index in [1.54, 1.807) is 36.4 Å². The molecule has 0 amide bonds. The van der Waals surface area contributed by atoms with E-state index >= 15 is 0 Å². The van der Waals surface area contributed by atoms with Crippen LogP contribution in [0.1, 0.15) is 0 Å². The van der Waals surface area contributed by atoms with Crippen molar-refractivity contribution < 1.29 is 27.5 Å². The minimum absolute atomic E-state index is 0. The summed E-state index contributed by atoms with van der Waals surface area (Å²) in [6.45, 7) is 0. The molecular weight excluding hydrogens is 299 g/mol. The van der Waals surface area contributed by atoms with Gasteiger partial charge in [0.25, 0.3) is 0 Å². The molecule has 0 aliphatic heterocycles. The number of rotatable bonds is 0. The predicted octanol–water partition coefficient (Wildman–Crippen LogP) is 2.91.